The number of aromatic hydroxyl groups is 1. The molecule has 0 radical (unpaired) electrons. The molecule has 1 N–H and O–H groups in total. The summed E-state index contributed by atoms with van der Waals surface area (Å²) in [4.78, 5) is 0. The number of rotatable bonds is 4. The molecule has 0 bridgehead atoms. The molecule has 3 nitrogen and oxygen atoms in total. The SMILES string of the molecule is Oc1c(-c2ccc3c(c2)c2ccccc2n3-c2ccccc2)cc2sc3ccccc3c2c1-c1ccc2c(c1)c1ccccc1n2-c1ccccc1. The number of benzene rings is 8. The second kappa shape index (κ2) is 11.2. The predicted molar refractivity (Wildman–Crippen MR) is 221 cm³/mol. The molecule has 4 heteroatoms. The molecule has 0 aliphatic rings. The maximum Gasteiger partial charge on any atom is 0.131 e. The highest BCUT2D eigenvalue weighted by molar-refractivity contribution is 7.26. The minimum atomic E-state index is 0.299. The predicted octanol–water partition coefficient (Wildman–Crippen LogP) is 13.3. The minimum absolute atomic E-state index is 0.299. The van der Waals surface area contributed by atoms with Gasteiger partial charge in [-0.15, -0.1) is 11.3 Å². The van der Waals surface area contributed by atoms with Crippen LogP contribution in [0, 0.1) is 0 Å². The van der Waals surface area contributed by atoms with Gasteiger partial charge in [0.15, 0.2) is 0 Å². The number of hydrogen-bond donors (Lipinski definition) is 1. The molecule has 11 rings (SSSR count). The third-order valence-corrected chi connectivity index (χ3v) is 11.7. The molecular formula is C48H30N2OS. The summed E-state index contributed by atoms with van der Waals surface area (Å²) >= 11 is 1.78. The topological polar surface area (TPSA) is 30.1 Å². The number of thiophene rings is 1. The Morgan fingerprint density at radius 2 is 0.865 bits per heavy atom. The molecule has 0 fully saturated rings. The monoisotopic (exact) mass is 682 g/mol. The van der Waals surface area contributed by atoms with Crippen LogP contribution in [0.4, 0.5) is 0 Å². The van der Waals surface area contributed by atoms with E-state index >= 15 is 0 Å². The van der Waals surface area contributed by atoms with Crippen LogP contribution in [0.25, 0.3) is 97.4 Å². The molecule has 0 unspecified atom stereocenters. The molecular weight excluding hydrogens is 653 g/mol. The Kier molecular flexibility index (Phi) is 6.27. The van der Waals surface area contributed by atoms with Crippen molar-refractivity contribution >= 4 is 75.1 Å². The van der Waals surface area contributed by atoms with Crippen LogP contribution in [0.3, 0.4) is 0 Å². The molecule has 0 saturated heterocycles. The largest absolute Gasteiger partial charge is 0.507 e. The summed E-state index contributed by atoms with van der Waals surface area (Å²) in [6, 6.07) is 62.3. The number of nitrogens with zero attached hydrogens (tertiary/aromatic N) is 2. The molecule has 11 aromatic rings. The van der Waals surface area contributed by atoms with E-state index in [0.717, 1.165) is 81.9 Å². The Hall–Kier alpha value is -6.62. The van der Waals surface area contributed by atoms with Crippen molar-refractivity contribution in [1.82, 2.24) is 9.13 Å². The van der Waals surface area contributed by atoms with Crippen LogP contribution >= 0.6 is 11.3 Å². The summed E-state index contributed by atoms with van der Waals surface area (Å²) < 4.78 is 7.03. The molecule has 3 aromatic heterocycles. The van der Waals surface area contributed by atoms with Crippen molar-refractivity contribution in [2.75, 3.05) is 0 Å². The zero-order valence-electron chi connectivity index (χ0n) is 28.0. The average molecular weight is 683 g/mol. The normalized spacial score (nSPS) is 11.9. The van der Waals surface area contributed by atoms with E-state index in [1.54, 1.807) is 11.3 Å². The lowest BCUT2D eigenvalue weighted by Gasteiger charge is -2.14. The van der Waals surface area contributed by atoms with Crippen molar-refractivity contribution in [3.63, 3.8) is 0 Å². The Morgan fingerprint density at radius 1 is 0.385 bits per heavy atom. The van der Waals surface area contributed by atoms with Crippen molar-refractivity contribution in [2.24, 2.45) is 0 Å². The van der Waals surface area contributed by atoms with E-state index in [4.69, 9.17) is 0 Å². The highest BCUT2D eigenvalue weighted by Crippen LogP contribution is 2.50. The van der Waals surface area contributed by atoms with Crippen LogP contribution < -0.4 is 0 Å². The van der Waals surface area contributed by atoms with Crippen LogP contribution in [0.1, 0.15) is 0 Å². The van der Waals surface area contributed by atoms with Gasteiger partial charge in [0, 0.05) is 64.2 Å². The van der Waals surface area contributed by atoms with E-state index in [-0.39, 0.29) is 0 Å². The molecule has 52 heavy (non-hydrogen) atoms. The lowest BCUT2D eigenvalue weighted by Crippen LogP contribution is -1.93. The summed E-state index contributed by atoms with van der Waals surface area (Å²) in [5, 5.41) is 19.5. The quantitative estimate of drug-likeness (QED) is 0.197. The maximum absolute atomic E-state index is 12.6. The van der Waals surface area contributed by atoms with Gasteiger partial charge in [-0.1, -0.05) is 103 Å². The third kappa shape index (κ3) is 4.19. The zero-order valence-corrected chi connectivity index (χ0v) is 28.8. The molecule has 0 spiro atoms. The van der Waals surface area contributed by atoms with Crippen molar-refractivity contribution in [3.05, 3.63) is 176 Å². The first kappa shape index (κ1) is 29.1. The van der Waals surface area contributed by atoms with Crippen LogP contribution in [-0.4, -0.2) is 14.2 Å². The van der Waals surface area contributed by atoms with Gasteiger partial charge in [-0.25, -0.2) is 0 Å². The van der Waals surface area contributed by atoms with Gasteiger partial charge in [0.25, 0.3) is 0 Å². The number of aromatic nitrogens is 2. The molecule has 0 saturated carbocycles. The van der Waals surface area contributed by atoms with Crippen LogP contribution in [0.2, 0.25) is 0 Å². The van der Waals surface area contributed by atoms with Gasteiger partial charge in [-0.05, 0) is 83.9 Å². The summed E-state index contributed by atoms with van der Waals surface area (Å²) in [7, 11) is 0. The van der Waals surface area contributed by atoms with Crippen LogP contribution in [0.5, 0.6) is 5.75 Å². The van der Waals surface area contributed by atoms with Crippen molar-refractivity contribution < 1.29 is 5.11 Å². The summed E-state index contributed by atoms with van der Waals surface area (Å²) in [5.74, 6) is 0.299. The number of phenolic OH excluding ortho intramolecular Hbond substituents is 1. The minimum Gasteiger partial charge on any atom is -0.507 e. The van der Waals surface area contributed by atoms with Gasteiger partial charge in [0.1, 0.15) is 5.75 Å². The Balaban J connectivity index is 1.19. The van der Waals surface area contributed by atoms with Crippen LogP contribution in [0.15, 0.2) is 176 Å². The first-order valence-electron chi connectivity index (χ1n) is 17.6. The molecule has 0 amide bonds. The standard InChI is InChI=1S/C48H30N2OS/c51-48-37(30-23-25-42-38(27-30)34-17-7-10-20-40(34)49(42)32-13-3-1-4-14-32)29-45-47(36-19-9-12-22-44(36)52-45)46(48)31-24-26-43-39(28-31)35-18-8-11-21-41(35)50(43)33-15-5-2-6-16-33/h1-29,51H. The lowest BCUT2D eigenvalue weighted by atomic mass is 9.92. The van der Waals surface area contributed by atoms with E-state index in [1.165, 1.54) is 15.5 Å². The van der Waals surface area contributed by atoms with E-state index in [9.17, 15) is 5.11 Å². The number of fused-ring (bicyclic) bond motifs is 9. The molecule has 3 heterocycles. The summed E-state index contributed by atoms with van der Waals surface area (Å²) in [6.45, 7) is 0. The average Bonchev–Trinajstić information content (AvgIpc) is 3.85. The van der Waals surface area contributed by atoms with Gasteiger partial charge < -0.3 is 14.2 Å². The number of hydrogen-bond acceptors (Lipinski definition) is 2. The van der Waals surface area contributed by atoms with Crippen molar-refractivity contribution in [2.45, 2.75) is 0 Å². The third-order valence-electron chi connectivity index (χ3n) is 10.6. The Morgan fingerprint density at radius 3 is 1.48 bits per heavy atom. The lowest BCUT2D eigenvalue weighted by molar-refractivity contribution is 0.480. The first-order chi connectivity index (χ1) is 25.7. The molecule has 0 atom stereocenters. The Bertz CT molecular complexity index is 3190. The molecule has 0 aliphatic carbocycles. The fourth-order valence-electron chi connectivity index (χ4n) is 8.36. The Labute approximate surface area is 303 Å². The van der Waals surface area contributed by atoms with Gasteiger partial charge >= 0.3 is 0 Å². The molecule has 0 aliphatic heterocycles. The highest BCUT2D eigenvalue weighted by atomic mass is 32.1. The fraction of sp³-hybridized carbons (Fsp3) is 0. The first-order valence-corrected chi connectivity index (χ1v) is 18.4. The highest BCUT2D eigenvalue weighted by Gasteiger charge is 2.22. The van der Waals surface area contributed by atoms with E-state index in [2.05, 4.69) is 185 Å². The van der Waals surface area contributed by atoms with Gasteiger partial charge in [-0.3, -0.25) is 0 Å². The summed E-state index contributed by atoms with van der Waals surface area (Å²) in [6.07, 6.45) is 0. The smallest absolute Gasteiger partial charge is 0.131 e. The number of phenols is 1. The van der Waals surface area contributed by atoms with Gasteiger partial charge in [0.2, 0.25) is 0 Å². The van der Waals surface area contributed by atoms with Crippen molar-refractivity contribution in [3.8, 4) is 39.4 Å². The zero-order chi connectivity index (χ0) is 34.3. The second-order valence-electron chi connectivity index (χ2n) is 13.5. The number of para-hydroxylation sites is 4. The second-order valence-corrected chi connectivity index (χ2v) is 14.5. The maximum atomic E-state index is 12.6. The molecule has 244 valence electrons. The molecule has 8 aromatic carbocycles. The fourth-order valence-corrected chi connectivity index (χ4v) is 9.51. The van der Waals surface area contributed by atoms with E-state index < -0.39 is 0 Å². The van der Waals surface area contributed by atoms with E-state index in [1.807, 2.05) is 0 Å². The van der Waals surface area contributed by atoms with E-state index in [0.29, 0.717) is 5.75 Å². The van der Waals surface area contributed by atoms with Gasteiger partial charge in [0.05, 0.1) is 22.1 Å². The van der Waals surface area contributed by atoms with Crippen LogP contribution in [-0.2, 0) is 0 Å². The van der Waals surface area contributed by atoms with Crippen molar-refractivity contribution in [1.29, 1.82) is 0 Å². The summed E-state index contributed by atoms with van der Waals surface area (Å²) in [5.41, 5.74) is 10.5. The van der Waals surface area contributed by atoms with Gasteiger partial charge in [-0.2, -0.15) is 0 Å².